The molecular formula is C11H14N2O6S. The number of carboxylic acid groups (broad SMARTS) is 1. The average Bonchev–Trinajstić information content (AvgIpc) is 2.41. The molecule has 0 atom stereocenters. The van der Waals surface area contributed by atoms with Crippen molar-refractivity contribution in [2.45, 2.75) is 0 Å². The van der Waals surface area contributed by atoms with Crippen LogP contribution in [0.2, 0.25) is 0 Å². The Bertz CT molecular complexity index is 609. The van der Waals surface area contributed by atoms with Crippen molar-refractivity contribution in [3.8, 4) is 5.75 Å². The molecule has 1 aromatic rings. The smallest absolute Gasteiger partial charge is 0.339 e. The fraction of sp³-hybridized carbons (Fsp3) is 0.364. The van der Waals surface area contributed by atoms with Gasteiger partial charge in [-0.3, -0.25) is 4.72 Å². The molecular weight excluding hydrogens is 288 g/mol. The van der Waals surface area contributed by atoms with Crippen LogP contribution in [0.15, 0.2) is 18.2 Å². The van der Waals surface area contributed by atoms with Gasteiger partial charge in [0.2, 0.25) is 0 Å². The predicted molar refractivity (Wildman–Crippen MR) is 70.0 cm³/mol. The van der Waals surface area contributed by atoms with Gasteiger partial charge in [-0.25, -0.2) is 4.79 Å². The van der Waals surface area contributed by atoms with Crippen LogP contribution in [0.5, 0.6) is 5.75 Å². The van der Waals surface area contributed by atoms with Crippen molar-refractivity contribution in [1.29, 1.82) is 0 Å². The van der Waals surface area contributed by atoms with Crippen LogP contribution in [0.4, 0.5) is 5.69 Å². The van der Waals surface area contributed by atoms with Crippen LogP contribution in [0, 0.1) is 0 Å². The molecule has 0 bridgehead atoms. The Kier molecular flexibility index (Phi) is 4.12. The maximum absolute atomic E-state index is 12.1. The fourth-order valence-corrected chi connectivity index (χ4v) is 2.95. The molecule has 0 spiro atoms. The zero-order chi connectivity index (χ0) is 14.8. The third-order valence-electron chi connectivity index (χ3n) is 2.78. The summed E-state index contributed by atoms with van der Waals surface area (Å²) in [5, 5.41) is 18.2. The number of nitrogens with one attached hydrogen (secondary N) is 1. The van der Waals surface area contributed by atoms with Crippen molar-refractivity contribution in [2.75, 3.05) is 31.0 Å². The molecule has 0 saturated carbocycles. The number of ether oxygens (including phenoxy) is 1. The topological polar surface area (TPSA) is 116 Å². The standard InChI is InChI=1S/C11H14N2O6S/c14-10-2-1-8(7-9(10)11(15)16)12-20(17,18)13-3-5-19-6-4-13/h1-2,7,12,14H,3-6H2,(H,15,16). The molecule has 20 heavy (non-hydrogen) atoms. The molecule has 0 radical (unpaired) electrons. The maximum Gasteiger partial charge on any atom is 0.339 e. The number of aromatic carboxylic acids is 1. The summed E-state index contributed by atoms with van der Waals surface area (Å²) in [4.78, 5) is 10.9. The van der Waals surface area contributed by atoms with Gasteiger partial charge in [-0.05, 0) is 18.2 Å². The highest BCUT2D eigenvalue weighted by molar-refractivity contribution is 7.90. The van der Waals surface area contributed by atoms with E-state index in [9.17, 15) is 18.3 Å². The van der Waals surface area contributed by atoms with Crippen molar-refractivity contribution in [2.24, 2.45) is 0 Å². The third kappa shape index (κ3) is 3.18. The number of morpholine rings is 1. The normalized spacial score (nSPS) is 16.8. The number of phenols is 1. The number of hydrogen-bond acceptors (Lipinski definition) is 5. The van der Waals surface area contributed by atoms with E-state index in [0.29, 0.717) is 13.2 Å². The molecule has 1 aromatic carbocycles. The summed E-state index contributed by atoms with van der Waals surface area (Å²) in [5.41, 5.74) is -0.293. The van der Waals surface area contributed by atoms with Gasteiger partial charge in [0, 0.05) is 13.1 Å². The van der Waals surface area contributed by atoms with E-state index in [2.05, 4.69) is 4.72 Å². The second kappa shape index (κ2) is 5.65. The minimum atomic E-state index is -3.76. The monoisotopic (exact) mass is 302 g/mol. The SMILES string of the molecule is O=C(O)c1cc(NS(=O)(=O)N2CCOCC2)ccc1O. The van der Waals surface area contributed by atoms with E-state index < -0.39 is 21.9 Å². The summed E-state index contributed by atoms with van der Waals surface area (Å²) in [6.07, 6.45) is 0. The Labute approximate surface area is 115 Å². The van der Waals surface area contributed by atoms with Gasteiger partial charge in [0.25, 0.3) is 0 Å². The van der Waals surface area contributed by atoms with E-state index in [-0.39, 0.29) is 24.3 Å². The summed E-state index contributed by atoms with van der Waals surface area (Å²) >= 11 is 0. The Hall–Kier alpha value is -1.84. The fourth-order valence-electron chi connectivity index (χ4n) is 1.77. The molecule has 1 heterocycles. The Morgan fingerprint density at radius 1 is 1.30 bits per heavy atom. The Balaban J connectivity index is 2.20. The first-order valence-corrected chi connectivity index (χ1v) is 7.26. The zero-order valence-corrected chi connectivity index (χ0v) is 11.3. The van der Waals surface area contributed by atoms with Gasteiger partial charge in [-0.1, -0.05) is 0 Å². The molecule has 0 amide bonds. The van der Waals surface area contributed by atoms with Crippen LogP contribution in [0.1, 0.15) is 10.4 Å². The van der Waals surface area contributed by atoms with E-state index >= 15 is 0 Å². The molecule has 1 aliphatic heterocycles. The lowest BCUT2D eigenvalue weighted by molar-refractivity contribution is 0.0693. The van der Waals surface area contributed by atoms with Gasteiger partial charge in [-0.15, -0.1) is 0 Å². The molecule has 2 rings (SSSR count). The van der Waals surface area contributed by atoms with Crippen molar-refractivity contribution >= 4 is 21.9 Å². The van der Waals surface area contributed by atoms with E-state index in [1.807, 2.05) is 0 Å². The number of nitrogens with zero attached hydrogens (tertiary/aromatic N) is 1. The van der Waals surface area contributed by atoms with Gasteiger partial charge >= 0.3 is 16.2 Å². The summed E-state index contributed by atoms with van der Waals surface area (Å²) < 4.78 is 32.7. The van der Waals surface area contributed by atoms with E-state index in [1.165, 1.54) is 10.4 Å². The van der Waals surface area contributed by atoms with Crippen molar-refractivity contribution in [3.63, 3.8) is 0 Å². The Morgan fingerprint density at radius 2 is 1.95 bits per heavy atom. The van der Waals surface area contributed by atoms with Crippen LogP contribution in [0.3, 0.4) is 0 Å². The highest BCUT2D eigenvalue weighted by Gasteiger charge is 2.24. The van der Waals surface area contributed by atoms with E-state index in [0.717, 1.165) is 12.1 Å². The molecule has 8 nitrogen and oxygen atoms in total. The first-order chi connectivity index (χ1) is 9.40. The molecule has 0 aliphatic carbocycles. The van der Waals surface area contributed by atoms with Crippen LogP contribution in [0.25, 0.3) is 0 Å². The van der Waals surface area contributed by atoms with Crippen LogP contribution >= 0.6 is 0 Å². The van der Waals surface area contributed by atoms with Crippen LogP contribution in [-0.2, 0) is 14.9 Å². The highest BCUT2D eigenvalue weighted by atomic mass is 32.2. The summed E-state index contributed by atoms with van der Waals surface area (Å²) in [6, 6.07) is 3.48. The Morgan fingerprint density at radius 3 is 2.55 bits per heavy atom. The van der Waals surface area contributed by atoms with Gasteiger partial charge in [0.1, 0.15) is 11.3 Å². The molecule has 3 N–H and O–H groups in total. The zero-order valence-electron chi connectivity index (χ0n) is 10.4. The number of rotatable bonds is 4. The number of carboxylic acids is 1. The molecule has 1 aliphatic rings. The number of hydrogen-bond donors (Lipinski definition) is 3. The van der Waals surface area contributed by atoms with Gasteiger partial charge in [0.05, 0.1) is 18.9 Å². The van der Waals surface area contributed by atoms with Crippen LogP contribution < -0.4 is 4.72 Å². The van der Waals surface area contributed by atoms with Crippen molar-refractivity contribution < 1.29 is 28.2 Å². The lowest BCUT2D eigenvalue weighted by Crippen LogP contribution is -2.43. The minimum Gasteiger partial charge on any atom is -0.507 e. The summed E-state index contributed by atoms with van der Waals surface area (Å²) in [5.74, 6) is -1.76. The highest BCUT2D eigenvalue weighted by Crippen LogP contribution is 2.22. The lowest BCUT2D eigenvalue weighted by Gasteiger charge is -2.26. The third-order valence-corrected chi connectivity index (χ3v) is 4.32. The first kappa shape index (κ1) is 14.6. The van der Waals surface area contributed by atoms with Crippen molar-refractivity contribution in [1.82, 2.24) is 4.31 Å². The quantitative estimate of drug-likeness (QED) is 0.678. The maximum atomic E-state index is 12.1. The van der Waals surface area contributed by atoms with E-state index in [4.69, 9.17) is 9.84 Å². The van der Waals surface area contributed by atoms with Crippen LogP contribution in [-0.4, -0.2) is 55.2 Å². The molecule has 0 aromatic heterocycles. The van der Waals surface area contributed by atoms with Crippen molar-refractivity contribution in [3.05, 3.63) is 23.8 Å². The molecule has 0 unspecified atom stereocenters. The number of benzene rings is 1. The molecule has 1 saturated heterocycles. The average molecular weight is 302 g/mol. The largest absolute Gasteiger partial charge is 0.507 e. The molecule has 9 heteroatoms. The second-order valence-corrected chi connectivity index (χ2v) is 5.83. The second-order valence-electron chi connectivity index (χ2n) is 4.16. The van der Waals surface area contributed by atoms with Gasteiger partial charge in [0.15, 0.2) is 0 Å². The minimum absolute atomic E-state index is 0.0756. The summed E-state index contributed by atoms with van der Waals surface area (Å²) in [7, 11) is -3.76. The van der Waals surface area contributed by atoms with E-state index in [1.54, 1.807) is 0 Å². The number of carbonyl (C=O) groups is 1. The number of aromatic hydroxyl groups is 1. The molecule has 110 valence electrons. The predicted octanol–water partition coefficient (Wildman–Crippen LogP) is 0.0793. The number of anilines is 1. The molecule has 1 fully saturated rings. The van der Waals surface area contributed by atoms with Gasteiger partial charge in [-0.2, -0.15) is 12.7 Å². The first-order valence-electron chi connectivity index (χ1n) is 5.82. The lowest BCUT2D eigenvalue weighted by atomic mass is 10.2. The summed E-state index contributed by atoms with van der Waals surface area (Å²) in [6.45, 7) is 1.10. The van der Waals surface area contributed by atoms with Gasteiger partial charge < -0.3 is 14.9 Å².